The van der Waals surface area contributed by atoms with Crippen molar-refractivity contribution in [2.24, 2.45) is 5.92 Å². The average molecular weight is 533 g/mol. The smallest absolute Gasteiger partial charge is 0.187 e. The second kappa shape index (κ2) is 13.4. The minimum Gasteiger partial charge on any atom is -0.490 e. The quantitative estimate of drug-likeness (QED) is 0.228. The molecule has 0 saturated carbocycles. The molecule has 0 radical (unpaired) electrons. The highest BCUT2D eigenvalue weighted by atomic mass is 16.5. The van der Waals surface area contributed by atoms with Gasteiger partial charge >= 0.3 is 0 Å². The fourth-order valence-corrected chi connectivity index (χ4v) is 5.73. The Labute approximate surface area is 237 Å². The number of ketones is 1. The van der Waals surface area contributed by atoms with E-state index < -0.39 is 0 Å². The summed E-state index contributed by atoms with van der Waals surface area (Å²) in [7, 11) is 0. The number of benzene rings is 3. The number of rotatable bonds is 9. The van der Waals surface area contributed by atoms with E-state index in [1.807, 2.05) is 72.8 Å². The first kappa shape index (κ1) is 27.6. The van der Waals surface area contributed by atoms with Crippen LogP contribution in [0.15, 0.2) is 72.8 Å². The fraction of sp³-hybridized carbons (Fsp3) is 0.382. The normalized spacial score (nSPS) is 17.1. The summed E-state index contributed by atoms with van der Waals surface area (Å²) in [6.07, 6.45) is 4.72. The van der Waals surface area contributed by atoms with E-state index in [0.717, 1.165) is 76.3 Å². The molecule has 6 nitrogen and oxygen atoms in total. The number of carbonyl (C=O) groups is 1. The average Bonchev–Trinajstić information content (AvgIpc) is 3.00. The first-order chi connectivity index (χ1) is 19.6. The molecule has 0 bridgehead atoms. The van der Waals surface area contributed by atoms with Crippen LogP contribution in [0.4, 0.5) is 5.69 Å². The van der Waals surface area contributed by atoms with Gasteiger partial charge in [-0.25, -0.2) is 4.85 Å². The Hall–Kier alpha value is -3.97. The summed E-state index contributed by atoms with van der Waals surface area (Å²) in [5.41, 5.74) is 4.58. The van der Waals surface area contributed by atoms with Crippen molar-refractivity contribution in [1.29, 1.82) is 5.26 Å². The van der Waals surface area contributed by atoms with Gasteiger partial charge < -0.3 is 4.74 Å². The zero-order valence-corrected chi connectivity index (χ0v) is 23.0. The Kier molecular flexibility index (Phi) is 9.24. The Balaban J connectivity index is 1.05. The van der Waals surface area contributed by atoms with Crippen LogP contribution < -0.4 is 4.74 Å². The van der Waals surface area contributed by atoms with Crippen molar-refractivity contribution in [1.82, 2.24) is 9.80 Å². The Bertz CT molecular complexity index is 1350. The number of hydrogen-bond donors (Lipinski definition) is 0. The van der Waals surface area contributed by atoms with Gasteiger partial charge in [0.15, 0.2) is 11.5 Å². The molecule has 0 atom stereocenters. The second-order valence-corrected chi connectivity index (χ2v) is 11.1. The topological polar surface area (TPSA) is 60.9 Å². The van der Waals surface area contributed by atoms with Crippen LogP contribution in [-0.2, 0) is 13.1 Å². The van der Waals surface area contributed by atoms with Crippen LogP contribution in [0.2, 0.25) is 0 Å². The molecule has 40 heavy (non-hydrogen) atoms. The summed E-state index contributed by atoms with van der Waals surface area (Å²) in [4.78, 5) is 21.5. The first-order valence-electron chi connectivity index (χ1n) is 14.3. The third-order valence-corrected chi connectivity index (χ3v) is 8.14. The Morgan fingerprint density at radius 1 is 0.875 bits per heavy atom. The molecule has 3 aromatic carbocycles. The van der Waals surface area contributed by atoms with Crippen LogP contribution in [0.5, 0.6) is 5.75 Å². The largest absolute Gasteiger partial charge is 0.490 e. The van der Waals surface area contributed by atoms with Crippen LogP contribution in [0.3, 0.4) is 0 Å². The van der Waals surface area contributed by atoms with Crippen LogP contribution in [0.1, 0.15) is 59.2 Å². The van der Waals surface area contributed by atoms with Gasteiger partial charge in [0.05, 0.1) is 18.2 Å². The lowest BCUT2D eigenvalue weighted by Gasteiger charge is -2.32. The van der Waals surface area contributed by atoms with Crippen molar-refractivity contribution in [3.05, 3.63) is 106 Å². The van der Waals surface area contributed by atoms with E-state index >= 15 is 0 Å². The summed E-state index contributed by atoms with van der Waals surface area (Å²) in [6.45, 7) is 12.8. The maximum atomic E-state index is 13.1. The van der Waals surface area contributed by atoms with Crippen molar-refractivity contribution in [2.45, 2.75) is 51.3 Å². The third-order valence-electron chi connectivity index (χ3n) is 8.14. The predicted molar refractivity (Wildman–Crippen MR) is 156 cm³/mol. The maximum absolute atomic E-state index is 13.1. The molecule has 2 aliphatic heterocycles. The van der Waals surface area contributed by atoms with Crippen molar-refractivity contribution in [2.75, 3.05) is 26.2 Å². The highest BCUT2D eigenvalue weighted by molar-refractivity contribution is 5.96. The lowest BCUT2D eigenvalue weighted by molar-refractivity contribution is 0.0915. The van der Waals surface area contributed by atoms with Crippen LogP contribution in [-0.4, -0.2) is 47.9 Å². The van der Waals surface area contributed by atoms with Gasteiger partial charge in [0.2, 0.25) is 0 Å². The number of nitrogens with zero attached hydrogens (tertiary/aromatic N) is 4. The molecule has 2 fully saturated rings. The van der Waals surface area contributed by atoms with Crippen molar-refractivity contribution in [3.8, 4) is 11.8 Å². The van der Waals surface area contributed by atoms with E-state index in [2.05, 4.69) is 20.7 Å². The Morgan fingerprint density at radius 3 is 2.08 bits per heavy atom. The molecule has 0 spiro atoms. The molecule has 0 amide bonds. The SMILES string of the molecule is [C-]#[N+]c1ccc(CN2CCC(CC(=O)c3cccc(OC4CCN(Cc5ccc(C#N)cc5)CC4)c3)CC2)cc1. The van der Waals surface area contributed by atoms with Gasteiger partial charge in [-0.05, 0) is 80.1 Å². The van der Waals surface area contributed by atoms with Gasteiger partial charge in [-0.2, -0.15) is 5.26 Å². The van der Waals surface area contributed by atoms with Crippen molar-refractivity contribution >= 4 is 11.5 Å². The number of likely N-dealkylation sites (tertiary alicyclic amines) is 2. The van der Waals surface area contributed by atoms with Crippen molar-refractivity contribution < 1.29 is 9.53 Å². The molecule has 0 aliphatic carbocycles. The van der Waals surface area contributed by atoms with E-state index in [9.17, 15) is 4.79 Å². The molecular formula is C34H36N4O2. The minimum absolute atomic E-state index is 0.157. The van der Waals surface area contributed by atoms with Gasteiger partial charge in [-0.1, -0.05) is 48.5 Å². The van der Waals surface area contributed by atoms with Crippen LogP contribution >= 0.6 is 0 Å². The zero-order valence-electron chi connectivity index (χ0n) is 23.0. The molecule has 6 heteroatoms. The van der Waals surface area contributed by atoms with E-state index in [-0.39, 0.29) is 11.9 Å². The molecule has 0 aromatic heterocycles. The Morgan fingerprint density at radius 2 is 1.48 bits per heavy atom. The second-order valence-electron chi connectivity index (χ2n) is 11.1. The van der Waals surface area contributed by atoms with E-state index in [1.165, 1.54) is 11.1 Å². The molecule has 2 saturated heterocycles. The summed E-state index contributed by atoms with van der Waals surface area (Å²) in [6, 6.07) is 25.6. The van der Waals surface area contributed by atoms with Gasteiger partial charge in [-0.15, -0.1) is 0 Å². The molecule has 204 valence electrons. The minimum atomic E-state index is 0.157. The summed E-state index contributed by atoms with van der Waals surface area (Å²) >= 11 is 0. The fourth-order valence-electron chi connectivity index (χ4n) is 5.73. The standard InChI is InChI=1S/C34H36N4O2/c1-36-31-11-9-29(10-12-31)25-37-17-13-26(14-18-37)21-34(39)30-3-2-4-33(22-30)40-32-15-19-38(20-16-32)24-28-7-5-27(23-35)6-8-28/h2-12,22,26,32H,13-21,24-25H2. The number of carbonyl (C=O) groups excluding carboxylic acids is 1. The van der Waals surface area contributed by atoms with Crippen LogP contribution in [0, 0.1) is 23.8 Å². The van der Waals surface area contributed by atoms with Gasteiger partial charge in [0.1, 0.15) is 11.9 Å². The number of Topliss-reactive ketones (excluding diaryl/α,β-unsaturated/α-hetero) is 1. The van der Waals surface area contributed by atoms with Crippen LogP contribution in [0.25, 0.3) is 4.85 Å². The van der Waals surface area contributed by atoms with Gasteiger partial charge in [0, 0.05) is 38.2 Å². The monoisotopic (exact) mass is 532 g/mol. The van der Waals surface area contributed by atoms with E-state index in [0.29, 0.717) is 23.6 Å². The molecular weight excluding hydrogens is 496 g/mol. The number of ether oxygens (including phenoxy) is 1. The zero-order chi connectivity index (χ0) is 27.7. The number of nitriles is 1. The lowest BCUT2D eigenvalue weighted by Crippen LogP contribution is -2.37. The summed E-state index contributed by atoms with van der Waals surface area (Å²) in [5, 5.41) is 8.98. The van der Waals surface area contributed by atoms with E-state index in [1.54, 1.807) is 0 Å². The first-order valence-corrected chi connectivity index (χ1v) is 14.3. The molecule has 2 heterocycles. The highest BCUT2D eigenvalue weighted by Gasteiger charge is 2.24. The molecule has 5 rings (SSSR count). The summed E-state index contributed by atoms with van der Waals surface area (Å²) in [5.74, 6) is 1.41. The van der Waals surface area contributed by atoms with Gasteiger partial charge in [-0.3, -0.25) is 14.6 Å². The number of piperidine rings is 2. The predicted octanol–water partition coefficient (Wildman–Crippen LogP) is 6.64. The van der Waals surface area contributed by atoms with E-state index in [4.69, 9.17) is 16.6 Å². The van der Waals surface area contributed by atoms with Gasteiger partial charge in [0.25, 0.3) is 0 Å². The summed E-state index contributed by atoms with van der Waals surface area (Å²) < 4.78 is 6.31. The van der Waals surface area contributed by atoms with Crippen molar-refractivity contribution in [3.63, 3.8) is 0 Å². The highest BCUT2D eigenvalue weighted by Crippen LogP contribution is 2.26. The number of hydrogen-bond acceptors (Lipinski definition) is 5. The third kappa shape index (κ3) is 7.57. The maximum Gasteiger partial charge on any atom is 0.187 e. The molecule has 3 aromatic rings. The molecule has 0 N–H and O–H groups in total. The lowest BCUT2D eigenvalue weighted by atomic mass is 9.89. The molecule has 0 unspecified atom stereocenters. The molecule has 2 aliphatic rings.